The Balaban J connectivity index is 2.01. The van der Waals surface area contributed by atoms with Gasteiger partial charge in [-0.25, -0.2) is 0 Å². The molecular formula is C12H19NO3. The van der Waals surface area contributed by atoms with Gasteiger partial charge < -0.3 is 14.8 Å². The van der Waals surface area contributed by atoms with Crippen LogP contribution in [0.4, 0.5) is 0 Å². The van der Waals surface area contributed by atoms with Gasteiger partial charge in [0.1, 0.15) is 5.76 Å². The second-order valence-electron chi connectivity index (χ2n) is 3.90. The van der Waals surface area contributed by atoms with E-state index in [9.17, 15) is 4.79 Å². The number of carboxylic acid groups (broad SMARTS) is 1. The number of unbranched alkanes of at least 4 members (excludes halogenated alkanes) is 2. The summed E-state index contributed by atoms with van der Waals surface area (Å²) in [5.74, 6) is 0.224. The lowest BCUT2D eigenvalue weighted by molar-refractivity contribution is -0.137. The Morgan fingerprint density at radius 3 is 2.94 bits per heavy atom. The fourth-order valence-electron chi connectivity index (χ4n) is 1.53. The van der Waals surface area contributed by atoms with Crippen LogP contribution in [0, 0.1) is 0 Å². The van der Waals surface area contributed by atoms with Crippen LogP contribution in [0.3, 0.4) is 0 Å². The van der Waals surface area contributed by atoms with E-state index < -0.39 is 5.97 Å². The zero-order valence-electron chi connectivity index (χ0n) is 9.61. The summed E-state index contributed by atoms with van der Waals surface area (Å²) in [7, 11) is 0. The molecule has 1 heterocycles. The zero-order valence-corrected chi connectivity index (χ0v) is 9.61. The smallest absolute Gasteiger partial charge is 0.303 e. The molecule has 16 heavy (non-hydrogen) atoms. The van der Waals surface area contributed by atoms with E-state index in [0.717, 1.165) is 31.6 Å². The van der Waals surface area contributed by atoms with Crippen molar-refractivity contribution in [2.45, 2.75) is 38.6 Å². The Kier molecular flexibility index (Phi) is 5.64. The number of rotatable bonds is 8. The summed E-state index contributed by atoms with van der Waals surface area (Å²) in [6, 6.07) is 4.04. The minimum Gasteiger partial charge on any atom is -0.481 e. The molecule has 1 unspecified atom stereocenters. The van der Waals surface area contributed by atoms with Crippen molar-refractivity contribution < 1.29 is 14.3 Å². The Labute approximate surface area is 95.7 Å². The molecule has 0 radical (unpaired) electrons. The Morgan fingerprint density at radius 2 is 2.31 bits per heavy atom. The van der Waals surface area contributed by atoms with Crippen LogP contribution < -0.4 is 5.32 Å². The minimum atomic E-state index is -0.711. The Morgan fingerprint density at radius 1 is 1.50 bits per heavy atom. The van der Waals surface area contributed by atoms with Gasteiger partial charge in [0, 0.05) is 6.42 Å². The van der Waals surface area contributed by atoms with E-state index in [2.05, 4.69) is 12.2 Å². The van der Waals surface area contributed by atoms with Crippen molar-refractivity contribution in [2.75, 3.05) is 6.54 Å². The Hall–Kier alpha value is -1.29. The molecule has 0 saturated heterocycles. The van der Waals surface area contributed by atoms with Gasteiger partial charge in [0.25, 0.3) is 0 Å². The first-order valence-electron chi connectivity index (χ1n) is 5.68. The molecule has 1 aromatic heterocycles. The predicted octanol–water partition coefficient (Wildman–Crippen LogP) is 2.58. The van der Waals surface area contributed by atoms with Crippen molar-refractivity contribution in [3.05, 3.63) is 24.2 Å². The molecule has 1 atom stereocenters. The van der Waals surface area contributed by atoms with Gasteiger partial charge >= 0.3 is 5.97 Å². The van der Waals surface area contributed by atoms with Crippen LogP contribution in [0.5, 0.6) is 0 Å². The highest BCUT2D eigenvalue weighted by atomic mass is 16.4. The lowest BCUT2D eigenvalue weighted by atomic mass is 10.2. The fourth-order valence-corrected chi connectivity index (χ4v) is 1.53. The molecule has 90 valence electrons. The van der Waals surface area contributed by atoms with E-state index in [-0.39, 0.29) is 12.5 Å². The van der Waals surface area contributed by atoms with E-state index >= 15 is 0 Å². The Bertz CT molecular complexity index is 295. The van der Waals surface area contributed by atoms with Gasteiger partial charge in [-0.3, -0.25) is 4.79 Å². The van der Waals surface area contributed by atoms with Crippen LogP contribution >= 0.6 is 0 Å². The van der Waals surface area contributed by atoms with Gasteiger partial charge in [0.2, 0.25) is 0 Å². The molecule has 0 fully saturated rings. The molecule has 0 aliphatic carbocycles. The highest BCUT2D eigenvalue weighted by Crippen LogP contribution is 2.12. The number of carbonyl (C=O) groups is 1. The molecular weight excluding hydrogens is 206 g/mol. The van der Waals surface area contributed by atoms with Gasteiger partial charge in [0.05, 0.1) is 12.3 Å². The molecule has 2 N–H and O–H groups in total. The summed E-state index contributed by atoms with van der Waals surface area (Å²) in [6.45, 7) is 2.94. The SMILES string of the molecule is CC(NCCCCCC(=O)O)c1ccco1. The van der Waals surface area contributed by atoms with Crippen molar-refractivity contribution >= 4 is 5.97 Å². The third-order valence-electron chi connectivity index (χ3n) is 2.49. The van der Waals surface area contributed by atoms with Crippen LogP contribution in [0.25, 0.3) is 0 Å². The van der Waals surface area contributed by atoms with Crippen LogP contribution in [-0.4, -0.2) is 17.6 Å². The van der Waals surface area contributed by atoms with Crippen molar-refractivity contribution in [1.29, 1.82) is 0 Å². The van der Waals surface area contributed by atoms with Gasteiger partial charge in [-0.15, -0.1) is 0 Å². The second-order valence-corrected chi connectivity index (χ2v) is 3.90. The summed E-state index contributed by atoms with van der Waals surface area (Å²) in [6.07, 6.45) is 4.64. The number of nitrogens with one attached hydrogen (secondary N) is 1. The number of furan rings is 1. The summed E-state index contributed by atoms with van der Waals surface area (Å²) in [5, 5.41) is 11.8. The monoisotopic (exact) mass is 225 g/mol. The minimum absolute atomic E-state index is 0.217. The van der Waals surface area contributed by atoms with Crippen molar-refractivity contribution in [3.63, 3.8) is 0 Å². The molecule has 1 rings (SSSR count). The number of aliphatic carboxylic acids is 1. The maximum Gasteiger partial charge on any atom is 0.303 e. The molecule has 4 nitrogen and oxygen atoms in total. The van der Waals surface area contributed by atoms with E-state index in [1.807, 2.05) is 12.1 Å². The van der Waals surface area contributed by atoms with Crippen LogP contribution in [-0.2, 0) is 4.79 Å². The molecule has 0 bridgehead atoms. The summed E-state index contributed by atoms with van der Waals surface area (Å²) < 4.78 is 5.26. The molecule has 0 aliphatic heterocycles. The first kappa shape index (κ1) is 12.8. The van der Waals surface area contributed by atoms with Crippen molar-refractivity contribution in [3.8, 4) is 0 Å². The first-order chi connectivity index (χ1) is 7.70. The number of hydrogen-bond acceptors (Lipinski definition) is 3. The second kappa shape index (κ2) is 7.06. The maximum atomic E-state index is 10.3. The highest BCUT2D eigenvalue weighted by Gasteiger charge is 2.06. The predicted molar refractivity (Wildman–Crippen MR) is 61.2 cm³/mol. The largest absolute Gasteiger partial charge is 0.481 e. The highest BCUT2D eigenvalue weighted by molar-refractivity contribution is 5.66. The molecule has 1 aromatic rings. The molecule has 0 amide bonds. The van der Waals surface area contributed by atoms with Gasteiger partial charge in [-0.2, -0.15) is 0 Å². The lowest BCUT2D eigenvalue weighted by Crippen LogP contribution is -2.19. The first-order valence-corrected chi connectivity index (χ1v) is 5.68. The quantitative estimate of drug-likeness (QED) is 0.667. The van der Waals surface area contributed by atoms with Crippen LogP contribution in [0.1, 0.15) is 44.4 Å². The van der Waals surface area contributed by atoms with Gasteiger partial charge in [-0.1, -0.05) is 6.42 Å². The van der Waals surface area contributed by atoms with Crippen LogP contribution in [0.15, 0.2) is 22.8 Å². The van der Waals surface area contributed by atoms with Crippen molar-refractivity contribution in [2.24, 2.45) is 0 Å². The normalized spacial score (nSPS) is 12.6. The van der Waals surface area contributed by atoms with E-state index in [0.29, 0.717) is 0 Å². The van der Waals surface area contributed by atoms with Gasteiger partial charge in [-0.05, 0) is 38.4 Å². The topological polar surface area (TPSA) is 62.5 Å². The van der Waals surface area contributed by atoms with E-state index in [4.69, 9.17) is 9.52 Å². The fraction of sp³-hybridized carbons (Fsp3) is 0.583. The number of carboxylic acids is 1. The van der Waals surface area contributed by atoms with Gasteiger partial charge in [0.15, 0.2) is 0 Å². The zero-order chi connectivity index (χ0) is 11.8. The summed E-state index contributed by atoms with van der Waals surface area (Å²) >= 11 is 0. The molecule has 4 heteroatoms. The average molecular weight is 225 g/mol. The maximum absolute atomic E-state index is 10.3. The molecule has 0 spiro atoms. The third-order valence-corrected chi connectivity index (χ3v) is 2.49. The summed E-state index contributed by atoms with van der Waals surface area (Å²) in [5.41, 5.74) is 0. The van der Waals surface area contributed by atoms with Crippen molar-refractivity contribution in [1.82, 2.24) is 5.32 Å². The molecule has 0 aliphatic rings. The lowest BCUT2D eigenvalue weighted by Gasteiger charge is -2.10. The molecule has 0 saturated carbocycles. The molecule has 0 aromatic carbocycles. The number of hydrogen-bond donors (Lipinski definition) is 2. The van der Waals surface area contributed by atoms with Crippen LogP contribution in [0.2, 0.25) is 0 Å². The standard InChI is InChI=1S/C12H19NO3/c1-10(11-6-5-9-16-11)13-8-4-2-3-7-12(14)15/h5-6,9-10,13H,2-4,7-8H2,1H3,(H,14,15). The van der Waals surface area contributed by atoms with E-state index in [1.165, 1.54) is 0 Å². The van der Waals surface area contributed by atoms with E-state index in [1.54, 1.807) is 6.26 Å². The summed E-state index contributed by atoms with van der Waals surface area (Å²) in [4.78, 5) is 10.3. The third kappa shape index (κ3) is 4.98. The average Bonchev–Trinajstić information content (AvgIpc) is 2.75.